The highest BCUT2D eigenvalue weighted by Gasteiger charge is 2.23. The number of rotatable bonds is 9. The number of hydrogen-bond donors (Lipinski definition) is 0. The van der Waals surface area contributed by atoms with Gasteiger partial charge in [0.1, 0.15) is 12.4 Å². The average Bonchev–Trinajstić information content (AvgIpc) is 2.99. The first-order valence-corrected chi connectivity index (χ1v) is 12.0. The molecule has 0 N–H and O–H groups in total. The van der Waals surface area contributed by atoms with Gasteiger partial charge in [0, 0.05) is 25.0 Å². The summed E-state index contributed by atoms with van der Waals surface area (Å²) in [6.07, 6.45) is 2.25. The molecule has 0 bridgehead atoms. The summed E-state index contributed by atoms with van der Waals surface area (Å²) in [6.45, 7) is 4.77. The molecule has 1 aliphatic carbocycles. The van der Waals surface area contributed by atoms with Crippen LogP contribution in [0.25, 0.3) is 5.57 Å². The Labute approximate surface area is 206 Å². The molecule has 0 aliphatic heterocycles. The maximum absolute atomic E-state index is 12.8. The maximum Gasteiger partial charge on any atom is 0.335 e. The molecular formula is C30H30O5. The predicted octanol–water partition coefficient (Wildman–Crippen LogP) is 5.45. The Hall–Kier alpha value is -3.70. The predicted molar refractivity (Wildman–Crippen MR) is 136 cm³/mol. The van der Waals surface area contributed by atoms with Crippen LogP contribution in [0.4, 0.5) is 0 Å². The second-order valence-electron chi connectivity index (χ2n) is 8.28. The molecule has 0 fully saturated rings. The summed E-state index contributed by atoms with van der Waals surface area (Å²) in [5.41, 5.74) is 5.73. The fourth-order valence-corrected chi connectivity index (χ4v) is 4.34. The Balaban J connectivity index is 1.49. The third kappa shape index (κ3) is 5.87. The second-order valence-corrected chi connectivity index (χ2v) is 8.28. The van der Waals surface area contributed by atoms with Gasteiger partial charge in [-0.2, -0.15) is 0 Å². The molecule has 35 heavy (non-hydrogen) atoms. The van der Waals surface area contributed by atoms with E-state index in [4.69, 9.17) is 14.2 Å². The van der Waals surface area contributed by atoms with Gasteiger partial charge in [-0.3, -0.25) is 4.79 Å². The molecule has 0 heterocycles. The van der Waals surface area contributed by atoms with Gasteiger partial charge in [0.15, 0.2) is 11.9 Å². The molecule has 1 aliphatic rings. The van der Waals surface area contributed by atoms with Crippen molar-refractivity contribution in [1.82, 2.24) is 0 Å². The lowest BCUT2D eigenvalue weighted by molar-refractivity contribution is -0.156. The first-order chi connectivity index (χ1) is 17.1. The molecule has 0 spiro atoms. The molecule has 180 valence electrons. The van der Waals surface area contributed by atoms with Crippen molar-refractivity contribution < 1.29 is 23.8 Å². The van der Waals surface area contributed by atoms with Crippen molar-refractivity contribution in [3.63, 3.8) is 0 Å². The van der Waals surface area contributed by atoms with Crippen LogP contribution in [0.2, 0.25) is 0 Å². The van der Waals surface area contributed by atoms with Gasteiger partial charge >= 0.3 is 5.97 Å². The third-order valence-corrected chi connectivity index (χ3v) is 5.98. The van der Waals surface area contributed by atoms with E-state index in [1.165, 1.54) is 0 Å². The molecule has 0 saturated carbocycles. The minimum Gasteiger partial charge on any atom is -0.490 e. The summed E-state index contributed by atoms with van der Waals surface area (Å²) in [7, 11) is 0. The minimum absolute atomic E-state index is 0.126. The standard InChI is InChI=1S/C30H30O5/c1-3-33-29(30(32)34-4-2)19-21-13-15-23(16-14-21)35-18-17-26-24-10-6-5-9-22(24)20-28(31)27-12-8-7-11-25(26)27/h5-17,29H,3-4,18-20H2,1-2H3. The zero-order valence-corrected chi connectivity index (χ0v) is 20.2. The summed E-state index contributed by atoms with van der Waals surface area (Å²) in [6, 6.07) is 23.4. The van der Waals surface area contributed by atoms with Crippen LogP contribution in [0.3, 0.4) is 0 Å². The normalized spacial score (nSPS) is 14.6. The van der Waals surface area contributed by atoms with Crippen LogP contribution >= 0.6 is 0 Å². The van der Waals surface area contributed by atoms with Crippen LogP contribution in [0.5, 0.6) is 5.75 Å². The quantitative estimate of drug-likeness (QED) is 0.389. The molecule has 1 unspecified atom stereocenters. The lowest BCUT2D eigenvalue weighted by atomic mass is 9.94. The molecule has 3 aromatic carbocycles. The largest absolute Gasteiger partial charge is 0.490 e. The van der Waals surface area contributed by atoms with Crippen molar-refractivity contribution in [2.75, 3.05) is 19.8 Å². The number of ether oxygens (including phenoxy) is 3. The van der Waals surface area contributed by atoms with Crippen LogP contribution in [0.15, 0.2) is 78.9 Å². The highest BCUT2D eigenvalue weighted by atomic mass is 16.6. The van der Waals surface area contributed by atoms with E-state index >= 15 is 0 Å². The molecule has 5 nitrogen and oxygen atoms in total. The molecule has 0 saturated heterocycles. The second kappa shape index (κ2) is 11.6. The summed E-state index contributed by atoms with van der Waals surface area (Å²) in [5.74, 6) is 0.505. The zero-order chi connectivity index (χ0) is 24.6. The summed E-state index contributed by atoms with van der Waals surface area (Å²) >= 11 is 0. The van der Waals surface area contributed by atoms with Crippen LogP contribution in [0.1, 0.15) is 46.5 Å². The molecule has 0 radical (unpaired) electrons. The monoisotopic (exact) mass is 470 g/mol. The fraction of sp³-hybridized carbons (Fsp3) is 0.267. The van der Waals surface area contributed by atoms with E-state index < -0.39 is 6.10 Å². The van der Waals surface area contributed by atoms with Crippen molar-refractivity contribution in [3.05, 3.63) is 107 Å². The molecule has 1 atom stereocenters. The minimum atomic E-state index is -0.616. The molecule has 0 amide bonds. The SMILES string of the molecule is CCOC(=O)C(Cc1ccc(OCC=C2c3ccccc3CC(=O)c3ccccc32)cc1)OCC. The Morgan fingerprint density at radius 2 is 1.57 bits per heavy atom. The number of hydrogen-bond acceptors (Lipinski definition) is 5. The number of esters is 1. The van der Waals surface area contributed by atoms with E-state index in [1.807, 2.05) is 79.7 Å². The van der Waals surface area contributed by atoms with Crippen molar-refractivity contribution in [1.29, 1.82) is 0 Å². The smallest absolute Gasteiger partial charge is 0.335 e. The van der Waals surface area contributed by atoms with Gasteiger partial charge in [0.05, 0.1) is 6.61 Å². The maximum atomic E-state index is 12.8. The number of benzene rings is 3. The van der Waals surface area contributed by atoms with Crippen LogP contribution in [-0.2, 0) is 27.1 Å². The summed E-state index contributed by atoms with van der Waals surface area (Å²) in [5, 5.41) is 0. The topological polar surface area (TPSA) is 61.8 Å². The van der Waals surface area contributed by atoms with E-state index in [0.29, 0.717) is 32.7 Å². The van der Waals surface area contributed by atoms with E-state index in [0.717, 1.165) is 39.1 Å². The molecule has 4 rings (SSSR count). The van der Waals surface area contributed by atoms with E-state index in [2.05, 4.69) is 6.07 Å². The van der Waals surface area contributed by atoms with Crippen LogP contribution in [0, 0.1) is 0 Å². The number of carbonyl (C=O) groups excluding carboxylic acids is 2. The fourth-order valence-electron chi connectivity index (χ4n) is 4.34. The van der Waals surface area contributed by atoms with Gasteiger partial charge in [-0.15, -0.1) is 0 Å². The van der Waals surface area contributed by atoms with Crippen molar-refractivity contribution in [2.45, 2.75) is 32.8 Å². The Bertz CT molecular complexity index is 1210. The van der Waals surface area contributed by atoms with E-state index in [9.17, 15) is 9.59 Å². The Morgan fingerprint density at radius 1 is 0.886 bits per heavy atom. The molecule has 5 heteroatoms. The van der Waals surface area contributed by atoms with Gasteiger partial charge in [-0.1, -0.05) is 60.7 Å². The van der Waals surface area contributed by atoms with Gasteiger partial charge in [0.25, 0.3) is 0 Å². The summed E-state index contributed by atoms with van der Waals surface area (Å²) < 4.78 is 16.7. The highest BCUT2D eigenvalue weighted by Crippen LogP contribution is 2.33. The van der Waals surface area contributed by atoms with Gasteiger partial charge < -0.3 is 14.2 Å². The van der Waals surface area contributed by atoms with E-state index in [1.54, 1.807) is 6.92 Å². The first-order valence-electron chi connectivity index (χ1n) is 12.0. The van der Waals surface area contributed by atoms with Crippen molar-refractivity contribution in [3.8, 4) is 5.75 Å². The third-order valence-electron chi connectivity index (χ3n) is 5.98. The van der Waals surface area contributed by atoms with Crippen LogP contribution in [-0.4, -0.2) is 37.7 Å². The zero-order valence-electron chi connectivity index (χ0n) is 20.2. The van der Waals surface area contributed by atoms with Crippen LogP contribution < -0.4 is 4.74 Å². The lowest BCUT2D eigenvalue weighted by Crippen LogP contribution is -2.28. The lowest BCUT2D eigenvalue weighted by Gasteiger charge is -2.16. The number of fused-ring (bicyclic) bond motifs is 2. The van der Waals surface area contributed by atoms with E-state index in [-0.39, 0.29) is 11.8 Å². The highest BCUT2D eigenvalue weighted by molar-refractivity contribution is 6.06. The van der Waals surface area contributed by atoms with Crippen molar-refractivity contribution >= 4 is 17.3 Å². The number of ketones is 1. The van der Waals surface area contributed by atoms with Gasteiger partial charge in [-0.25, -0.2) is 4.79 Å². The Morgan fingerprint density at radius 3 is 2.29 bits per heavy atom. The van der Waals surface area contributed by atoms with Gasteiger partial charge in [0.2, 0.25) is 0 Å². The average molecular weight is 471 g/mol. The molecular weight excluding hydrogens is 440 g/mol. The summed E-state index contributed by atoms with van der Waals surface area (Å²) in [4.78, 5) is 25.0. The first kappa shape index (κ1) is 24.4. The molecule has 3 aromatic rings. The van der Waals surface area contributed by atoms with Crippen molar-refractivity contribution in [2.24, 2.45) is 0 Å². The number of carbonyl (C=O) groups is 2. The molecule has 0 aromatic heterocycles. The number of Topliss-reactive ketones (excluding diaryl/α,β-unsaturated/α-hetero) is 1. The van der Waals surface area contributed by atoms with Gasteiger partial charge in [-0.05, 0) is 59.9 Å². The Kier molecular flexibility index (Phi) is 8.11.